The molecule has 4 rings (SSSR count). The van der Waals surface area contributed by atoms with E-state index in [2.05, 4.69) is 10.3 Å². The molecule has 8 heteroatoms. The molecule has 1 heterocycles. The van der Waals surface area contributed by atoms with Gasteiger partial charge in [0.25, 0.3) is 5.56 Å². The van der Waals surface area contributed by atoms with Gasteiger partial charge in [-0.25, -0.2) is 9.59 Å². The number of carbonyl (C=O) groups excluding carboxylic acids is 1. The van der Waals surface area contributed by atoms with Crippen LogP contribution >= 0.6 is 0 Å². The van der Waals surface area contributed by atoms with Crippen molar-refractivity contribution in [3.63, 3.8) is 0 Å². The minimum atomic E-state index is -0.915. The highest BCUT2D eigenvalue weighted by Crippen LogP contribution is 2.40. The molecular formula is C30H31N3O5. The lowest BCUT2D eigenvalue weighted by Gasteiger charge is -2.37. The first kappa shape index (κ1) is 26.6. The van der Waals surface area contributed by atoms with Crippen molar-refractivity contribution in [3.8, 4) is 0 Å². The summed E-state index contributed by atoms with van der Waals surface area (Å²) in [5, 5.41) is 2.76. The zero-order chi connectivity index (χ0) is 26.8. The van der Waals surface area contributed by atoms with Gasteiger partial charge in [0.2, 0.25) is 0 Å². The van der Waals surface area contributed by atoms with Gasteiger partial charge < -0.3 is 19.4 Å². The van der Waals surface area contributed by atoms with Crippen molar-refractivity contribution < 1.29 is 14.3 Å². The van der Waals surface area contributed by atoms with E-state index in [4.69, 9.17) is 9.47 Å². The van der Waals surface area contributed by atoms with E-state index >= 15 is 0 Å². The Morgan fingerprint density at radius 3 is 1.87 bits per heavy atom. The molecule has 0 fully saturated rings. The largest absolute Gasteiger partial charge is 0.453 e. The quantitative estimate of drug-likeness (QED) is 0.296. The Hall–Kier alpha value is -4.43. The number of hydrogen-bond acceptors (Lipinski definition) is 5. The summed E-state index contributed by atoms with van der Waals surface area (Å²) < 4.78 is 13.1. The van der Waals surface area contributed by atoms with Crippen molar-refractivity contribution in [2.75, 3.05) is 20.3 Å². The van der Waals surface area contributed by atoms with E-state index in [1.807, 2.05) is 91.0 Å². The summed E-state index contributed by atoms with van der Waals surface area (Å²) in [7, 11) is 1.31. The fourth-order valence-corrected chi connectivity index (χ4v) is 4.50. The number of methoxy groups -OCH3 is 1. The molecule has 0 saturated carbocycles. The Balaban J connectivity index is 1.69. The molecule has 0 aliphatic carbocycles. The summed E-state index contributed by atoms with van der Waals surface area (Å²) in [5.41, 5.74) is 1.06. The molecule has 0 aliphatic heterocycles. The van der Waals surface area contributed by atoms with E-state index in [-0.39, 0.29) is 19.1 Å². The van der Waals surface area contributed by atoms with Crippen molar-refractivity contribution in [3.05, 3.63) is 141 Å². The van der Waals surface area contributed by atoms with Crippen molar-refractivity contribution in [1.29, 1.82) is 0 Å². The summed E-state index contributed by atoms with van der Waals surface area (Å²) in [6.07, 6.45) is 1.43. The van der Waals surface area contributed by atoms with Crippen LogP contribution < -0.4 is 16.6 Å². The summed E-state index contributed by atoms with van der Waals surface area (Å²) in [6, 6.07) is 31.4. The van der Waals surface area contributed by atoms with Crippen LogP contribution in [0.2, 0.25) is 0 Å². The fourth-order valence-electron chi connectivity index (χ4n) is 4.50. The van der Waals surface area contributed by atoms with E-state index in [0.717, 1.165) is 16.7 Å². The number of nitrogens with one attached hydrogen (secondary N) is 2. The van der Waals surface area contributed by atoms with Gasteiger partial charge in [-0.2, -0.15) is 0 Å². The maximum atomic E-state index is 12.2. The van der Waals surface area contributed by atoms with Crippen molar-refractivity contribution in [1.82, 2.24) is 14.9 Å². The Bertz CT molecular complexity index is 1320. The molecule has 3 aromatic carbocycles. The van der Waals surface area contributed by atoms with Crippen LogP contribution in [0.15, 0.2) is 113 Å². The number of H-pyrrole nitrogens is 1. The molecule has 4 aromatic rings. The standard InChI is InChI=1S/C30H31N3O5/c1-37-29(36)31-21-23(17-19-33-20-18-27(34)32-28(33)35)22-38-30(24-11-5-2-6-12-24,25-13-7-3-8-14-25)26-15-9-4-10-16-26/h2-16,18,20,23H,17,19,21-22H2,1H3,(H,31,36)(H,32,34,35). The summed E-state index contributed by atoms with van der Waals surface area (Å²) >= 11 is 0. The molecule has 8 nitrogen and oxygen atoms in total. The number of carbonyl (C=O) groups is 1. The van der Waals surface area contributed by atoms with Crippen LogP contribution in [0.4, 0.5) is 4.79 Å². The van der Waals surface area contributed by atoms with Gasteiger partial charge in [-0.05, 0) is 23.1 Å². The zero-order valence-corrected chi connectivity index (χ0v) is 21.2. The Kier molecular flexibility index (Phi) is 8.89. The van der Waals surface area contributed by atoms with E-state index in [1.165, 1.54) is 23.9 Å². The molecule has 1 aromatic heterocycles. The molecule has 0 aliphatic rings. The molecule has 0 bridgehead atoms. The topological polar surface area (TPSA) is 102 Å². The summed E-state index contributed by atoms with van der Waals surface area (Å²) in [5.74, 6) is -0.177. The molecule has 196 valence electrons. The highest BCUT2D eigenvalue weighted by Gasteiger charge is 2.38. The van der Waals surface area contributed by atoms with Crippen LogP contribution in [-0.4, -0.2) is 35.9 Å². The number of alkyl carbamates (subject to hydrolysis) is 1. The average Bonchev–Trinajstić information content (AvgIpc) is 2.96. The van der Waals surface area contributed by atoms with Crippen LogP contribution in [0.5, 0.6) is 0 Å². The third kappa shape index (κ3) is 6.27. The predicted octanol–water partition coefficient (Wildman–Crippen LogP) is 3.91. The first-order chi connectivity index (χ1) is 18.5. The number of ether oxygens (including phenoxy) is 2. The van der Waals surface area contributed by atoms with E-state index in [1.54, 1.807) is 0 Å². The number of aromatic nitrogens is 2. The van der Waals surface area contributed by atoms with Gasteiger partial charge in [0.05, 0.1) is 13.7 Å². The highest BCUT2D eigenvalue weighted by molar-refractivity contribution is 5.66. The minimum Gasteiger partial charge on any atom is -0.453 e. The lowest BCUT2D eigenvalue weighted by molar-refractivity contribution is -0.0101. The van der Waals surface area contributed by atoms with Crippen LogP contribution in [-0.2, 0) is 21.6 Å². The first-order valence-electron chi connectivity index (χ1n) is 12.4. The SMILES string of the molecule is COC(=O)NCC(CCn1ccc(=O)[nH]c1=O)COC(c1ccccc1)(c1ccccc1)c1ccccc1. The van der Waals surface area contributed by atoms with Crippen molar-refractivity contribution in [2.45, 2.75) is 18.6 Å². The minimum absolute atomic E-state index is 0.177. The molecular weight excluding hydrogens is 482 g/mol. The molecule has 0 spiro atoms. The molecule has 0 saturated heterocycles. The lowest BCUT2D eigenvalue weighted by atomic mass is 9.80. The van der Waals surface area contributed by atoms with Crippen molar-refractivity contribution >= 4 is 6.09 Å². The number of aryl methyl sites for hydroxylation is 1. The number of benzene rings is 3. The van der Waals surface area contributed by atoms with E-state index in [0.29, 0.717) is 13.0 Å². The fraction of sp³-hybridized carbons (Fsp3) is 0.233. The van der Waals surface area contributed by atoms with E-state index < -0.39 is 22.9 Å². The molecule has 1 unspecified atom stereocenters. The summed E-state index contributed by atoms with van der Waals surface area (Å²) in [4.78, 5) is 37.8. The number of rotatable bonds is 11. The van der Waals surface area contributed by atoms with Gasteiger partial charge in [-0.3, -0.25) is 9.78 Å². The monoisotopic (exact) mass is 513 g/mol. The predicted molar refractivity (Wildman–Crippen MR) is 145 cm³/mol. The van der Waals surface area contributed by atoms with Gasteiger partial charge in [0.15, 0.2) is 0 Å². The third-order valence-electron chi connectivity index (χ3n) is 6.47. The first-order valence-corrected chi connectivity index (χ1v) is 12.4. The lowest BCUT2D eigenvalue weighted by Crippen LogP contribution is -2.38. The molecule has 1 atom stereocenters. The van der Waals surface area contributed by atoms with Crippen molar-refractivity contribution in [2.24, 2.45) is 5.92 Å². The Morgan fingerprint density at radius 2 is 1.39 bits per heavy atom. The van der Waals surface area contributed by atoms with Crippen LogP contribution in [0.1, 0.15) is 23.1 Å². The molecule has 2 N–H and O–H groups in total. The smallest absolute Gasteiger partial charge is 0.406 e. The van der Waals surface area contributed by atoms with Crippen LogP contribution in [0, 0.1) is 5.92 Å². The Morgan fingerprint density at radius 1 is 0.868 bits per heavy atom. The van der Waals surface area contributed by atoms with Gasteiger partial charge >= 0.3 is 11.8 Å². The van der Waals surface area contributed by atoms with Gasteiger partial charge in [0, 0.05) is 31.3 Å². The van der Waals surface area contributed by atoms with Gasteiger partial charge in [0.1, 0.15) is 5.60 Å². The third-order valence-corrected chi connectivity index (χ3v) is 6.47. The van der Waals surface area contributed by atoms with Crippen LogP contribution in [0.3, 0.4) is 0 Å². The second kappa shape index (κ2) is 12.7. The van der Waals surface area contributed by atoms with Gasteiger partial charge in [-0.1, -0.05) is 91.0 Å². The zero-order valence-electron chi connectivity index (χ0n) is 21.2. The van der Waals surface area contributed by atoms with E-state index in [9.17, 15) is 14.4 Å². The molecule has 0 radical (unpaired) electrons. The number of aromatic amines is 1. The summed E-state index contributed by atoms with van der Waals surface area (Å²) in [6.45, 7) is 0.876. The van der Waals surface area contributed by atoms with Crippen LogP contribution in [0.25, 0.3) is 0 Å². The second-order valence-electron chi connectivity index (χ2n) is 8.92. The maximum Gasteiger partial charge on any atom is 0.406 e. The Labute approximate surface area is 220 Å². The second-order valence-corrected chi connectivity index (χ2v) is 8.92. The normalized spacial score (nSPS) is 12.0. The van der Waals surface area contributed by atoms with Gasteiger partial charge in [-0.15, -0.1) is 0 Å². The molecule has 1 amide bonds. The molecule has 38 heavy (non-hydrogen) atoms. The highest BCUT2D eigenvalue weighted by atomic mass is 16.5. The average molecular weight is 514 g/mol. The number of hydrogen-bond donors (Lipinski definition) is 2. The number of nitrogens with zero attached hydrogens (tertiary/aromatic N) is 1. The maximum absolute atomic E-state index is 12.2. The number of amides is 1.